The fourth-order valence-electron chi connectivity index (χ4n) is 1.44. The Morgan fingerprint density at radius 2 is 1.81 bits per heavy atom. The summed E-state index contributed by atoms with van der Waals surface area (Å²) in [5.74, 6) is -1.28. The molecule has 1 aromatic heterocycles. The van der Waals surface area contributed by atoms with E-state index in [-0.39, 0.29) is 6.04 Å². The van der Waals surface area contributed by atoms with Crippen LogP contribution in [0.15, 0.2) is 18.5 Å². The van der Waals surface area contributed by atoms with Crippen molar-refractivity contribution in [2.24, 2.45) is 0 Å². The Kier molecular flexibility index (Phi) is 2.68. The molecule has 16 heavy (non-hydrogen) atoms. The topological polar surface area (TPSA) is 37.8 Å². The number of aromatic nitrogens is 2. The molecule has 0 spiro atoms. The lowest BCUT2D eigenvalue weighted by Gasteiger charge is -2.11. The Bertz CT molecular complexity index is 526. The molecule has 0 amide bonds. The highest BCUT2D eigenvalue weighted by Gasteiger charge is 2.09. The Morgan fingerprint density at radius 3 is 2.50 bits per heavy atom. The highest BCUT2D eigenvalue weighted by molar-refractivity contribution is 5.88. The number of nitrogens with zero attached hydrogens (tertiary/aromatic N) is 2. The summed E-state index contributed by atoms with van der Waals surface area (Å²) in [5.41, 5.74) is 0.386. The predicted octanol–water partition coefficient (Wildman–Crippen LogP) is 2.73. The Hall–Kier alpha value is -1.78. The minimum Gasteiger partial charge on any atom is -0.367 e. The SMILES string of the molecule is CC(C)Nc1ncnc2cc(F)c(F)cc12. The quantitative estimate of drug-likeness (QED) is 0.850. The van der Waals surface area contributed by atoms with Crippen LogP contribution in [0.2, 0.25) is 0 Å². The van der Waals surface area contributed by atoms with Gasteiger partial charge in [-0.05, 0) is 19.9 Å². The fourth-order valence-corrected chi connectivity index (χ4v) is 1.44. The summed E-state index contributed by atoms with van der Waals surface area (Å²) in [4.78, 5) is 7.90. The first-order valence-electron chi connectivity index (χ1n) is 4.94. The van der Waals surface area contributed by atoms with Crippen LogP contribution in [0, 0.1) is 11.6 Å². The third-order valence-electron chi connectivity index (χ3n) is 2.10. The van der Waals surface area contributed by atoms with Gasteiger partial charge in [0.2, 0.25) is 0 Å². The van der Waals surface area contributed by atoms with Gasteiger partial charge in [-0.2, -0.15) is 0 Å². The van der Waals surface area contributed by atoms with Crippen LogP contribution in [0.3, 0.4) is 0 Å². The molecule has 0 saturated carbocycles. The van der Waals surface area contributed by atoms with E-state index in [0.29, 0.717) is 16.7 Å². The second-order valence-electron chi connectivity index (χ2n) is 3.80. The number of fused-ring (bicyclic) bond motifs is 1. The summed E-state index contributed by atoms with van der Waals surface area (Å²) in [5, 5.41) is 3.54. The zero-order chi connectivity index (χ0) is 11.7. The van der Waals surface area contributed by atoms with Gasteiger partial charge < -0.3 is 5.32 Å². The van der Waals surface area contributed by atoms with Crippen molar-refractivity contribution in [3.63, 3.8) is 0 Å². The number of rotatable bonds is 2. The van der Waals surface area contributed by atoms with Crippen molar-refractivity contribution in [1.29, 1.82) is 0 Å². The minimum atomic E-state index is -0.901. The lowest BCUT2D eigenvalue weighted by molar-refractivity contribution is 0.510. The smallest absolute Gasteiger partial charge is 0.161 e. The molecule has 0 fully saturated rings. The third kappa shape index (κ3) is 1.93. The van der Waals surface area contributed by atoms with Crippen LogP contribution in [0.25, 0.3) is 10.9 Å². The Morgan fingerprint density at radius 1 is 1.12 bits per heavy atom. The molecule has 1 N–H and O–H groups in total. The van der Waals surface area contributed by atoms with Crippen LogP contribution in [0.4, 0.5) is 14.6 Å². The average molecular weight is 223 g/mol. The third-order valence-corrected chi connectivity index (χ3v) is 2.10. The van der Waals surface area contributed by atoms with Gasteiger partial charge in [0.15, 0.2) is 11.6 Å². The van der Waals surface area contributed by atoms with Gasteiger partial charge in [0.25, 0.3) is 0 Å². The molecule has 0 saturated heterocycles. The van der Waals surface area contributed by atoms with Crippen molar-refractivity contribution < 1.29 is 8.78 Å². The average Bonchev–Trinajstić information content (AvgIpc) is 2.20. The number of hydrogen-bond acceptors (Lipinski definition) is 3. The lowest BCUT2D eigenvalue weighted by Crippen LogP contribution is -2.11. The predicted molar refractivity (Wildman–Crippen MR) is 58.2 cm³/mol. The number of nitrogens with one attached hydrogen (secondary N) is 1. The van der Waals surface area contributed by atoms with Crippen LogP contribution in [-0.2, 0) is 0 Å². The molecule has 0 aliphatic heterocycles. The molecule has 3 nitrogen and oxygen atoms in total. The van der Waals surface area contributed by atoms with Crippen LogP contribution in [0.5, 0.6) is 0 Å². The summed E-state index contributed by atoms with van der Waals surface area (Å²) in [6.45, 7) is 3.88. The standard InChI is InChI=1S/C11H11F2N3/c1-6(2)16-11-7-3-8(12)9(13)4-10(7)14-5-15-11/h3-6H,1-2H3,(H,14,15,16). The van der Waals surface area contributed by atoms with Crippen LogP contribution in [0.1, 0.15) is 13.8 Å². The Balaban J connectivity index is 2.62. The summed E-state index contributed by atoms with van der Waals surface area (Å²) < 4.78 is 26.1. The zero-order valence-electron chi connectivity index (χ0n) is 8.96. The van der Waals surface area contributed by atoms with Gasteiger partial charge >= 0.3 is 0 Å². The largest absolute Gasteiger partial charge is 0.367 e. The minimum absolute atomic E-state index is 0.159. The number of hydrogen-bond donors (Lipinski definition) is 1. The van der Waals surface area contributed by atoms with E-state index in [1.807, 2.05) is 13.8 Å². The van der Waals surface area contributed by atoms with Gasteiger partial charge in [-0.1, -0.05) is 0 Å². The lowest BCUT2D eigenvalue weighted by atomic mass is 10.2. The van der Waals surface area contributed by atoms with E-state index in [4.69, 9.17) is 0 Å². The first kappa shape index (κ1) is 10.7. The van der Waals surface area contributed by atoms with E-state index in [9.17, 15) is 8.78 Å². The molecule has 0 atom stereocenters. The van der Waals surface area contributed by atoms with Crippen LogP contribution < -0.4 is 5.32 Å². The van der Waals surface area contributed by atoms with Gasteiger partial charge in [0.1, 0.15) is 12.1 Å². The van der Waals surface area contributed by atoms with E-state index in [1.54, 1.807) is 0 Å². The van der Waals surface area contributed by atoms with Gasteiger partial charge in [-0.15, -0.1) is 0 Å². The highest BCUT2D eigenvalue weighted by Crippen LogP contribution is 2.22. The molecule has 0 aliphatic rings. The summed E-state index contributed by atoms with van der Waals surface area (Å²) in [7, 11) is 0. The van der Waals surface area contributed by atoms with E-state index in [2.05, 4.69) is 15.3 Å². The molecule has 0 unspecified atom stereocenters. The molecule has 0 bridgehead atoms. The fraction of sp³-hybridized carbons (Fsp3) is 0.273. The van der Waals surface area contributed by atoms with Crippen molar-refractivity contribution in [3.05, 3.63) is 30.1 Å². The monoisotopic (exact) mass is 223 g/mol. The van der Waals surface area contributed by atoms with E-state index < -0.39 is 11.6 Å². The van der Waals surface area contributed by atoms with Crippen molar-refractivity contribution >= 4 is 16.7 Å². The molecule has 5 heteroatoms. The van der Waals surface area contributed by atoms with Crippen LogP contribution in [-0.4, -0.2) is 16.0 Å². The molecule has 2 aromatic rings. The molecular weight excluding hydrogens is 212 g/mol. The van der Waals surface area contributed by atoms with E-state index >= 15 is 0 Å². The number of anilines is 1. The molecule has 1 aromatic carbocycles. The summed E-state index contributed by atoms with van der Waals surface area (Å²) in [6, 6.07) is 2.33. The van der Waals surface area contributed by atoms with Crippen molar-refractivity contribution in [2.75, 3.05) is 5.32 Å². The maximum Gasteiger partial charge on any atom is 0.161 e. The first-order valence-corrected chi connectivity index (χ1v) is 4.94. The van der Waals surface area contributed by atoms with Gasteiger partial charge in [-0.3, -0.25) is 0 Å². The maximum atomic E-state index is 13.1. The zero-order valence-corrected chi connectivity index (χ0v) is 8.96. The van der Waals surface area contributed by atoms with Crippen molar-refractivity contribution in [1.82, 2.24) is 9.97 Å². The molecule has 0 aliphatic carbocycles. The molecule has 0 radical (unpaired) electrons. The highest BCUT2D eigenvalue weighted by atomic mass is 19.2. The second-order valence-corrected chi connectivity index (χ2v) is 3.80. The van der Waals surface area contributed by atoms with Crippen molar-refractivity contribution in [3.8, 4) is 0 Å². The second kappa shape index (κ2) is 4.00. The van der Waals surface area contributed by atoms with Gasteiger partial charge in [0, 0.05) is 17.5 Å². The molecular formula is C11H11F2N3. The summed E-state index contributed by atoms with van der Waals surface area (Å²) in [6.07, 6.45) is 1.32. The maximum absolute atomic E-state index is 13.1. The molecule has 84 valence electrons. The molecule has 2 rings (SSSR count). The van der Waals surface area contributed by atoms with E-state index in [0.717, 1.165) is 12.1 Å². The van der Waals surface area contributed by atoms with Crippen molar-refractivity contribution in [2.45, 2.75) is 19.9 Å². The van der Waals surface area contributed by atoms with E-state index in [1.165, 1.54) is 6.33 Å². The summed E-state index contributed by atoms with van der Waals surface area (Å²) >= 11 is 0. The van der Waals surface area contributed by atoms with Crippen LogP contribution >= 0.6 is 0 Å². The first-order chi connectivity index (χ1) is 7.58. The van der Waals surface area contributed by atoms with Gasteiger partial charge in [-0.25, -0.2) is 18.7 Å². The van der Waals surface area contributed by atoms with Gasteiger partial charge in [0.05, 0.1) is 5.52 Å². The normalized spacial score (nSPS) is 11.1. The Labute approximate surface area is 91.5 Å². The number of halogens is 2. The number of benzene rings is 1. The molecule has 1 heterocycles.